The van der Waals surface area contributed by atoms with Crippen LogP contribution in [-0.2, 0) is 33.4 Å². The average Bonchev–Trinajstić information content (AvgIpc) is 3.73. The van der Waals surface area contributed by atoms with E-state index < -0.39 is 66.3 Å². The number of halogens is 1. The van der Waals surface area contributed by atoms with Crippen LogP contribution in [0.5, 0.6) is 0 Å². The van der Waals surface area contributed by atoms with Gasteiger partial charge in [-0.05, 0) is 55.4 Å². The normalized spacial score (nSPS) is 26.2. The summed E-state index contributed by atoms with van der Waals surface area (Å²) < 4.78 is 18.6. The van der Waals surface area contributed by atoms with Crippen molar-refractivity contribution in [3.05, 3.63) is 90.5 Å². The second-order valence-electron chi connectivity index (χ2n) is 14.7. The molecule has 286 valence electrons. The maximum atomic E-state index is 15.1. The minimum absolute atomic E-state index is 0.0407. The largest absolute Gasteiger partial charge is 0.455 e. The van der Waals surface area contributed by atoms with Crippen LogP contribution in [0.2, 0.25) is 0 Å². The molecule has 1 unspecified atom stereocenters. The average molecular weight is 795 g/mol. The molecular formula is C41H52BrN3O8. The molecule has 3 fully saturated rings. The number of rotatable bonds is 17. The van der Waals surface area contributed by atoms with E-state index in [1.807, 2.05) is 64.1 Å². The molecule has 3 saturated heterocycles. The summed E-state index contributed by atoms with van der Waals surface area (Å²) in [5.74, 6) is -4.16. The van der Waals surface area contributed by atoms with Crippen molar-refractivity contribution in [1.82, 2.24) is 10.2 Å². The molecule has 1 spiro atoms. The van der Waals surface area contributed by atoms with Gasteiger partial charge < -0.3 is 34.4 Å². The summed E-state index contributed by atoms with van der Waals surface area (Å²) >= 11 is 3.75. The van der Waals surface area contributed by atoms with Crippen LogP contribution in [0.25, 0.3) is 0 Å². The van der Waals surface area contributed by atoms with E-state index in [0.29, 0.717) is 17.7 Å². The molecule has 2 aromatic rings. The minimum atomic E-state index is -1.40. The number of likely N-dealkylation sites (tertiary alicyclic amines) is 1. The highest BCUT2D eigenvalue weighted by Gasteiger charge is 2.78. The SMILES string of the molecule is C=CCCC(=O)N[C@@H](COC)[C@@H](OC(=O)[C@H]1[C@@H]2O[C@@]3(CC2Br)[C@@H]1C(=O)N([C@@H](CO)C(C)C)[C@@H]3C(=O)N(CC=C)c1cc(C)ccc1C)c1ccccc1. The highest BCUT2D eigenvalue weighted by atomic mass is 79.9. The van der Waals surface area contributed by atoms with Gasteiger partial charge in [0.15, 0.2) is 0 Å². The van der Waals surface area contributed by atoms with Crippen molar-refractivity contribution in [1.29, 1.82) is 0 Å². The molecule has 2 bridgehead atoms. The predicted octanol–water partition coefficient (Wildman–Crippen LogP) is 4.97. The fourth-order valence-electron chi connectivity index (χ4n) is 8.31. The second-order valence-corrected chi connectivity index (χ2v) is 15.8. The fourth-order valence-corrected chi connectivity index (χ4v) is 9.26. The van der Waals surface area contributed by atoms with Crippen LogP contribution in [0.4, 0.5) is 5.69 Å². The summed E-state index contributed by atoms with van der Waals surface area (Å²) in [6.45, 7) is 15.1. The number of aliphatic hydroxyl groups excluding tert-OH is 1. The number of alkyl halides is 1. The third-order valence-corrected chi connectivity index (χ3v) is 11.6. The number of carbonyl (C=O) groups is 4. The van der Waals surface area contributed by atoms with Crippen LogP contribution in [0, 0.1) is 31.6 Å². The number of nitrogens with zero attached hydrogens (tertiary/aromatic N) is 2. The van der Waals surface area contributed by atoms with E-state index in [1.165, 1.54) is 12.0 Å². The van der Waals surface area contributed by atoms with E-state index in [4.69, 9.17) is 14.2 Å². The second kappa shape index (κ2) is 17.1. The number of anilines is 1. The predicted molar refractivity (Wildman–Crippen MR) is 205 cm³/mol. The van der Waals surface area contributed by atoms with E-state index in [2.05, 4.69) is 34.4 Å². The monoisotopic (exact) mass is 793 g/mol. The number of hydrogen-bond donors (Lipinski definition) is 2. The highest BCUT2D eigenvalue weighted by Crippen LogP contribution is 2.61. The van der Waals surface area contributed by atoms with E-state index >= 15 is 4.79 Å². The van der Waals surface area contributed by atoms with Crippen molar-refractivity contribution in [3.63, 3.8) is 0 Å². The Morgan fingerprint density at radius 1 is 1.15 bits per heavy atom. The lowest BCUT2D eigenvalue weighted by Gasteiger charge is -2.40. The van der Waals surface area contributed by atoms with Gasteiger partial charge in [-0.3, -0.25) is 19.2 Å². The van der Waals surface area contributed by atoms with Gasteiger partial charge in [0.05, 0.1) is 43.2 Å². The number of carbonyl (C=O) groups excluding carboxylic acids is 4. The number of amides is 3. The molecule has 0 saturated carbocycles. The zero-order valence-corrected chi connectivity index (χ0v) is 32.8. The number of allylic oxidation sites excluding steroid dienone is 1. The summed E-state index contributed by atoms with van der Waals surface area (Å²) in [5.41, 5.74) is 1.72. The number of benzene rings is 2. The Balaban J connectivity index is 1.58. The third-order valence-electron chi connectivity index (χ3n) is 10.8. The first-order chi connectivity index (χ1) is 25.3. The van der Waals surface area contributed by atoms with Crippen LogP contribution in [0.15, 0.2) is 73.8 Å². The lowest BCUT2D eigenvalue weighted by molar-refractivity contribution is -0.163. The highest BCUT2D eigenvalue weighted by molar-refractivity contribution is 9.09. The number of ether oxygens (including phenoxy) is 3. The Labute approximate surface area is 320 Å². The lowest BCUT2D eigenvalue weighted by atomic mass is 9.70. The topological polar surface area (TPSA) is 135 Å². The van der Waals surface area contributed by atoms with Gasteiger partial charge in [0, 0.05) is 30.6 Å². The van der Waals surface area contributed by atoms with Gasteiger partial charge in [0.25, 0.3) is 5.91 Å². The van der Waals surface area contributed by atoms with Crippen LogP contribution in [0.3, 0.4) is 0 Å². The molecule has 0 radical (unpaired) electrons. The molecule has 11 nitrogen and oxygen atoms in total. The molecular weight excluding hydrogens is 742 g/mol. The number of fused-ring (bicyclic) bond motifs is 1. The molecule has 12 heteroatoms. The summed E-state index contributed by atoms with van der Waals surface area (Å²) in [4.78, 5) is 60.4. The van der Waals surface area contributed by atoms with Gasteiger partial charge in [0.1, 0.15) is 17.7 Å². The molecule has 9 atom stereocenters. The fraction of sp³-hybridized carbons (Fsp3) is 0.512. The Bertz CT molecular complexity index is 1690. The van der Waals surface area contributed by atoms with Gasteiger partial charge in [-0.2, -0.15) is 0 Å². The van der Waals surface area contributed by atoms with Gasteiger partial charge in [-0.25, -0.2) is 0 Å². The van der Waals surface area contributed by atoms with Crippen molar-refractivity contribution < 1.29 is 38.5 Å². The number of esters is 1. The van der Waals surface area contributed by atoms with Crippen LogP contribution < -0.4 is 10.2 Å². The molecule has 5 rings (SSSR count). The summed E-state index contributed by atoms with van der Waals surface area (Å²) in [6.07, 6.45) is 2.48. The van der Waals surface area contributed by atoms with E-state index in [-0.39, 0.29) is 48.6 Å². The first kappa shape index (κ1) is 40.3. The number of aryl methyl sites for hydroxylation is 2. The number of methoxy groups -OCH3 is 1. The summed E-state index contributed by atoms with van der Waals surface area (Å²) in [7, 11) is 1.50. The maximum absolute atomic E-state index is 15.1. The van der Waals surface area contributed by atoms with Crippen molar-refractivity contribution >= 4 is 45.3 Å². The molecule has 0 aromatic heterocycles. The quantitative estimate of drug-likeness (QED) is 0.130. The molecule has 53 heavy (non-hydrogen) atoms. The first-order valence-corrected chi connectivity index (χ1v) is 19.2. The van der Waals surface area contributed by atoms with Gasteiger partial charge in [-0.15, -0.1) is 13.2 Å². The lowest BCUT2D eigenvalue weighted by Crippen LogP contribution is -2.60. The van der Waals surface area contributed by atoms with Crippen molar-refractivity contribution in [2.75, 3.05) is 31.8 Å². The molecule has 0 aliphatic carbocycles. The van der Waals surface area contributed by atoms with Gasteiger partial charge >= 0.3 is 5.97 Å². The Kier molecular flexibility index (Phi) is 13.0. The minimum Gasteiger partial charge on any atom is -0.455 e. The van der Waals surface area contributed by atoms with E-state index in [9.17, 15) is 19.5 Å². The smallest absolute Gasteiger partial charge is 0.313 e. The van der Waals surface area contributed by atoms with Crippen LogP contribution >= 0.6 is 15.9 Å². The molecule has 3 aliphatic rings. The number of hydrogen-bond acceptors (Lipinski definition) is 8. The first-order valence-electron chi connectivity index (χ1n) is 18.2. The molecule has 3 aliphatic heterocycles. The molecule has 2 N–H and O–H groups in total. The van der Waals surface area contributed by atoms with Crippen LogP contribution in [0.1, 0.15) is 55.9 Å². The molecule has 3 heterocycles. The number of aliphatic hydroxyl groups is 1. The third kappa shape index (κ3) is 7.74. The van der Waals surface area contributed by atoms with Crippen molar-refractivity contribution in [2.24, 2.45) is 17.8 Å². The zero-order valence-electron chi connectivity index (χ0n) is 31.2. The Hall–Kier alpha value is -3.84. The maximum Gasteiger partial charge on any atom is 0.313 e. The van der Waals surface area contributed by atoms with Crippen LogP contribution in [-0.4, -0.2) is 95.2 Å². The van der Waals surface area contributed by atoms with Gasteiger partial charge in [0.2, 0.25) is 11.8 Å². The summed E-state index contributed by atoms with van der Waals surface area (Å²) in [6, 6.07) is 12.2. The van der Waals surface area contributed by atoms with Crippen molar-refractivity contribution in [2.45, 2.75) is 87.7 Å². The zero-order chi connectivity index (χ0) is 38.6. The van der Waals surface area contributed by atoms with E-state index in [1.54, 1.807) is 29.2 Å². The number of nitrogens with one attached hydrogen (secondary N) is 1. The Morgan fingerprint density at radius 3 is 2.49 bits per heavy atom. The molecule has 3 amide bonds. The standard InChI is InChI=1S/C41H52BrN3O8/c1-8-10-16-32(47)43-29(23-51-7)35(27-14-12-11-13-15-27)52-40(50)33-34-38(48)45(31(22-46)24(3)4)37(41(34)21-28(42)36(33)53-41)39(49)44(19-9-2)30-20-25(5)17-18-26(30)6/h8-9,11-15,17-18,20,24,28-29,31,33-37,46H,1-2,10,16,19,21-23H2,3-7H3,(H,43,47)/t28?,29-,31-,33+,34-,35-,36+,37+,41-/m0/s1. The Morgan fingerprint density at radius 2 is 1.87 bits per heavy atom. The van der Waals surface area contributed by atoms with Gasteiger partial charge in [-0.1, -0.05) is 84.4 Å². The van der Waals surface area contributed by atoms with E-state index in [0.717, 1.165) is 11.1 Å². The van der Waals surface area contributed by atoms with Crippen molar-refractivity contribution in [3.8, 4) is 0 Å². The molecule has 2 aromatic carbocycles. The summed E-state index contributed by atoms with van der Waals surface area (Å²) in [5, 5.41) is 13.7.